The molecule has 5 rings (SSSR count). The van der Waals surface area contributed by atoms with Crippen LogP contribution < -0.4 is 4.74 Å². The van der Waals surface area contributed by atoms with Crippen molar-refractivity contribution in [3.8, 4) is 5.75 Å². The second kappa shape index (κ2) is 10.8. The van der Waals surface area contributed by atoms with E-state index in [4.69, 9.17) is 27.9 Å². The van der Waals surface area contributed by atoms with Crippen molar-refractivity contribution >= 4 is 63.1 Å². The van der Waals surface area contributed by atoms with Gasteiger partial charge in [0, 0.05) is 29.2 Å². The summed E-state index contributed by atoms with van der Waals surface area (Å²) >= 11 is 13.0. The van der Waals surface area contributed by atoms with Gasteiger partial charge in [-0.2, -0.15) is 0 Å². The average Bonchev–Trinajstić information content (AvgIpc) is 3.36. The van der Waals surface area contributed by atoms with E-state index >= 15 is 0 Å². The number of ether oxygens (including phenoxy) is 1. The van der Waals surface area contributed by atoms with Crippen molar-refractivity contribution in [1.82, 2.24) is 9.47 Å². The van der Waals surface area contributed by atoms with Crippen LogP contribution in [0.25, 0.3) is 17.0 Å². The van der Waals surface area contributed by atoms with E-state index < -0.39 is 0 Å². The van der Waals surface area contributed by atoms with Crippen LogP contribution in [0.1, 0.15) is 17.5 Å². The van der Waals surface area contributed by atoms with E-state index in [1.165, 1.54) is 4.90 Å². The van der Waals surface area contributed by atoms with Crippen LogP contribution in [0.15, 0.2) is 83.9 Å². The summed E-state index contributed by atoms with van der Waals surface area (Å²) in [6, 6.07) is 22.9. The Morgan fingerprint density at radius 1 is 0.917 bits per heavy atom. The SMILES string of the molecule is O=C1S/C(=C\c2cn(CCCOc3ccccc3)c3ccccc23)C(=O)N1Cc1ccc(Cl)c(Cl)c1. The molecular weight excluding hydrogens is 515 g/mol. The molecule has 0 spiro atoms. The highest BCUT2D eigenvalue weighted by Gasteiger charge is 2.35. The summed E-state index contributed by atoms with van der Waals surface area (Å²) in [6.45, 7) is 1.50. The van der Waals surface area contributed by atoms with Crippen molar-refractivity contribution in [3.05, 3.63) is 105 Å². The van der Waals surface area contributed by atoms with Crippen molar-refractivity contribution in [2.45, 2.75) is 19.5 Å². The molecule has 1 aliphatic rings. The highest BCUT2D eigenvalue weighted by molar-refractivity contribution is 8.18. The van der Waals surface area contributed by atoms with E-state index in [-0.39, 0.29) is 17.7 Å². The number of thioether (sulfide) groups is 1. The van der Waals surface area contributed by atoms with Gasteiger partial charge in [-0.3, -0.25) is 14.5 Å². The quantitative estimate of drug-likeness (QED) is 0.171. The molecule has 0 N–H and O–H groups in total. The summed E-state index contributed by atoms with van der Waals surface area (Å²) in [5.41, 5.74) is 2.70. The van der Waals surface area contributed by atoms with Crippen LogP contribution in [-0.4, -0.2) is 27.2 Å². The van der Waals surface area contributed by atoms with Crippen molar-refractivity contribution in [1.29, 1.82) is 0 Å². The number of nitrogens with zero attached hydrogens (tertiary/aromatic N) is 2. The predicted molar refractivity (Wildman–Crippen MR) is 146 cm³/mol. The van der Waals surface area contributed by atoms with Gasteiger partial charge in [-0.15, -0.1) is 0 Å². The smallest absolute Gasteiger partial charge is 0.293 e. The minimum atomic E-state index is -0.316. The first-order valence-corrected chi connectivity index (χ1v) is 13.0. The van der Waals surface area contributed by atoms with Gasteiger partial charge in [0.25, 0.3) is 11.1 Å². The fourth-order valence-corrected chi connectivity index (χ4v) is 5.26. The first-order chi connectivity index (χ1) is 17.5. The van der Waals surface area contributed by atoms with E-state index in [0.29, 0.717) is 21.6 Å². The van der Waals surface area contributed by atoms with Gasteiger partial charge in [-0.25, -0.2) is 0 Å². The second-order valence-electron chi connectivity index (χ2n) is 8.33. The van der Waals surface area contributed by atoms with Crippen molar-refractivity contribution in [2.75, 3.05) is 6.61 Å². The molecule has 0 radical (unpaired) electrons. The van der Waals surface area contributed by atoms with Gasteiger partial charge in [0.15, 0.2) is 0 Å². The first kappa shape index (κ1) is 24.5. The number of hydrogen-bond donors (Lipinski definition) is 0. The zero-order chi connectivity index (χ0) is 25.1. The monoisotopic (exact) mass is 536 g/mol. The maximum absolute atomic E-state index is 13.1. The molecule has 182 valence electrons. The summed E-state index contributed by atoms with van der Waals surface area (Å²) in [5.74, 6) is 0.538. The molecule has 2 amide bonds. The zero-order valence-electron chi connectivity index (χ0n) is 19.2. The number of aryl methyl sites for hydroxylation is 1. The van der Waals surface area contributed by atoms with Gasteiger partial charge >= 0.3 is 0 Å². The van der Waals surface area contributed by atoms with Crippen molar-refractivity contribution in [2.24, 2.45) is 0 Å². The van der Waals surface area contributed by atoms with Crippen molar-refractivity contribution < 1.29 is 14.3 Å². The van der Waals surface area contributed by atoms with Crippen LogP contribution in [0.5, 0.6) is 5.75 Å². The predicted octanol–water partition coefficient (Wildman–Crippen LogP) is 7.65. The Morgan fingerprint density at radius 3 is 2.50 bits per heavy atom. The Bertz CT molecular complexity index is 1470. The Labute approximate surface area is 223 Å². The normalized spacial score (nSPS) is 14.8. The fraction of sp³-hybridized carbons (Fsp3) is 0.143. The third kappa shape index (κ3) is 5.31. The molecule has 3 aromatic carbocycles. The highest BCUT2D eigenvalue weighted by atomic mass is 35.5. The molecule has 1 aliphatic heterocycles. The van der Waals surface area contributed by atoms with Crippen molar-refractivity contribution in [3.63, 3.8) is 0 Å². The molecule has 1 saturated heterocycles. The highest BCUT2D eigenvalue weighted by Crippen LogP contribution is 2.35. The van der Waals surface area contributed by atoms with E-state index in [1.54, 1.807) is 24.3 Å². The molecule has 0 aliphatic carbocycles. The molecule has 0 atom stereocenters. The van der Waals surface area contributed by atoms with Crippen LogP contribution in [0, 0.1) is 0 Å². The first-order valence-electron chi connectivity index (χ1n) is 11.4. The molecular formula is C28H22Cl2N2O3S. The van der Waals surface area contributed by atoms with Gasteiger partial charge < -0.3 is 9.30 Å². The Balaban J connectivity index is 1.32. The number of benzene rings is 3. The van der Waals surface area contributed by atoms with Crippen LogP contribution in [0.3, 0.4) is 0 Å². The molecule has 8 heteroatoms. The summed E-state index contributed by atoms with van der Waals surface area (Å²) in [7, 11) is 0. The number of para-hydroxylation sites is 2. The number of hydrogen-bond acceptors (Lipinski definition) is 4. The van der Waals surface area contributed by atoms with E-state index in [1.807, 2.05) is 54.7 Å². The number of imide groups is 1. The summed E-state index contributed by atoms with van der Waals surface area (Å²) in [5, 5.41) is 1.54. The number of carbonyl (C=O) groups is 2. The summed E-state index contributed by atoms with van der Waals surface area (Å²) in [4.78, 5) is 27.4. The van der Waals surface area contributed by atoms with Crippen LogP contribution >= 0.6 is 35.0 Å². The van der Waals surface area contributed by atoms with Gasteiger partial charge in [0.2, 0.25) is 0 Å². The fourth-order valence-electron chi connectivity index (χ4n) is 4.11. The Kier molecular flexibility index (Phi) is 7.37. The minimum Gasteiger partial charge on any atom is -0.494 e. The molecule has 0 unspecified atom stereocenters. The molecule has 5 nitrogen and oxygen atoms in total. The van der Waals surface area contributed by atoms with E-state index in [2.05, 4.69) is 10.6 Å². The summed E-state index contributed by atoms with van der Waals surface area (Å²) < 4.78 is 7.98. The maximum atomic E-state index is 13.1. The lowest BCUT2D eigenvalue weighted by atomic mass is 10.1. The number of rotatable bonds is 8. The molecule has 2 heterocycles. The molecule has 0 saturated carbocycles. The average molecular weight is 537 g/mol. The number of carbonyl (C=O) groups excluding carboxylic acids is 2. The Hall–Kier alpha value is -3.19. The number of fused-ring (bicyclic) bond motifs is 1. The number of aromatic nitrogens is 1. The van der Waals surface area contributed by atoms with E-state index in [0.717, 1.165) is 52.5 Å². The maximum Gasteiger partial charge on any atom is 0.293 e. The topological polar surface area (TPSA) is 51.5 Å². The summed E-state index contributed by atoms with van der Waals surface area (Å²) in [6.07, 6.45) is 4.66. The standard InChI is InChI=1S/C28H22Cl2N2O3S/c29-23-12-11-19(15-24(23)30)17-32-27(33)26(36-28(32)34)16-20-18-31(25-10-5-4-9-22(20)25)13-6-14-35-21-7-2-1-3-8-21/h1-5,7-12,15-16,18H,6,13-14,17H2/b26-16-. The minimum absolute atomic E-state index is 0.141. The van der Waals surface area contributed by atoms with Gasteiger partial charge in [0.05, 0.1) is 28.1 Å². The van der Waals surface area contributed by atoms with Crippen LogP contribution in [0.4, 0.5) is 4.79 Å². The van der Waals surface area contributed by atoms with Gasteiger partial charge in [0.1, 0.15) is 5.75 Å². The lowest BCUT2D eigenvalue weighted by molar-refractivity contribution is -0.123. The van der Waals surface area contributed by atoms with E-state index in [9.17, 15) is 9.59 Å². The Morgan fingerprint density at radius 2 is 1.69 bits per heavy atom. The molecule has 1 fully saturated rings. The molecule has 4 aromatic rings. The van der Waals surface area contributed by atoms with Crippen LogP contribution in [-0.2, 0) is 17.9 Å². The number of halogens is 2. The lowest BCUT2D eigenvalue weighted by Crippen LogP contribution is -2.27. The second-order valence-corrected chi connectivity index (χ2v) is 10.1. The largest absolute Gasteiger partial charge is 0.494 e. The lowest BCUT2D eigenvalue weighted by Gasteiger charge is -2.12. The molecule has 1 aromatic heterocycles. The third-order valence-electron chi connectivity index (χ3n) is 5.86. The third-order valence-corrected chi connectivity index (χ3v) is 7.51. The molecule has 36 heavy (non-hydrogen) atoms. The number of amides is 2. The van der Waals surface area contributed by atoms with Crippen LogP contribution in [0.2, 0.25) is 10.0 Å². The van der Waals surface area contributed by atoms with Gasteiger partial charge in [-0.05, 0) is 60.2 Å². The van der Waals surface area contributed by atoms with Gasteiger partial charge in [-0.1, -0.05) is 65.7 Å². The molecule has 0 bridgehead atoms. The zero-order valence-corrected chi connectivity index (χ0v) is 21.5.